The lowest BCUT2D eigenvalue weighted by Crippen LogP contribution is -2.30. The number of rotatable bonds is 3. The smallest absolute Gasteiger partial charge is 0.321 e. The third-order valence-electron chi connectivity index (χ3n) is 5.00. The molecule has 114 valence electrons. The van der Waals surface area contributed by atoms with Crippen LogP contribution in [-0.4, -0.2) is 25.2 Å². The first-order valence-corrected chi connectivity index (χ1v) is 8.05. The molecule has 3 atom stereocenters. The zero-order valence-electron chi connectivity index (χ0n) is 12.9. The number of urea groups is 1. The molecule has 4 nitrogen and oxygen atoms in total. The molecule has 3 unspecified atom stereocenters. The van der Waals surface area contributed by atoms with E-state index in [4.69, 9.17) is 0 Å². The van der Waals surface area contributed by atoms with Crippen LogP contribution in [0.4, 0.5) is 16.2 Å². The number of hydrogen-bond acceptors (Lipinski definition) is 2. The summed E-state index contributed by atoms with van der Waals surface area (Å²) in [4.78, 5) is 13.4. The lowest BCUT2D eigenvalue weighted by atomic mass is 9.79. The topological polar surface area (TPSA) is 44.4 Å². The molecule has 2 fully saturated rings. The van der Waals surface area contributed by atoms with Crippen molar-refractivity contribution in [1.29, 1.82) is 0 Å². The van der Waals surface area contributed by atoms with E-state index >= 15 is 0 Å². The largest absolute Gasteiger partial charge is 0.382 e. The molecule has 0 aromatic heterocycles. The highest BCUT2D eigenvalue weighted by Gasteiger charge is 2.24. The minimum atomic E-state index is 0.00537. The van der Waals surface area contributed by atoms with E-state index in [2.05, 4.69) is 36.6 Å². The van der Waals surface area contributed by atoms with Gasteiger partial charge in [0.15, 0.2) is 0 Å². The van der Waals surface area contributed by atoms with Crippen LogP contribution in [0.15, 0.2) is 24.3 Å². The molecule has 0 spiro atoms. The van der Waals surface area contributed by atoms with Gasteiger partial charge in [-0.05, 0) is 55.4 Å². The molecular formula is C17H25N3O. The Morgan fingerprint density at radius 2 is 1.90 bits per heavy atom. The van der Waals surface area contributed by atoms with E-state index in [1.54, 1.807) is 4.90 Å². The number of carbonyl (C=O) groups excluding carboxylic acids is 1. The molecule has 0 radical (unpaired) electrons. The van der Waals surface area contributed by atoms with Gasteiger partial charge in [-0.1, -0.05) is 13.8 Å². The summed E-state index contributed by atoms with van der Waals surface area (Å²) >= 11 is 0. The van der Waals surface area contributed by atoms with E-state index in [1.165, 1.54) is 19.3 Å². The first kappa shape index (κ1) is 14.2. The first-order chi connectivity index (χ1) is 10.1. The van der Waals surface area contributed by atoms with Gasteiger partial charge in [-0.2, -0.15) is 0 Å². The first-order valence-electron chi connectivity index (χ1n) is 8.05. The highest BCUT2D eigenvalue weighted by atomic mass is 16.2. The minimum absolute atomic E-state index is 0.00537. The molecule has 1 aromatic rings. The molecule has 1 aromatic carbocycles. The SMILES string of the molecule is CC1CCC(Nc2ccc(N3CCNC3=O)cc2)CC1C. The number of amides is 2. The van der Waals surface area contributed by atoms with Crippen LogP contribution >= 0.6 is 0 Å². The number of carbonyl (C=O) groups is 1. The van der Waals surface area contributed by atoms with Crippen molar-refractivity contribution < 1.29 is 4.79 Å². The third-order valence-corrected chi connectivity index (χ3v) is 5.00. The van der Waals surface area contributed by atoms with E-state index in [-0.39, 0.29) is 6.03 Å². The maximum atomic E-state index is 11.6. The molecular weight excluding hydrogens is 262 g/mol. The summed E-state index contributed by atoms with van der Waals surface area (Å²) in [7, 11) is 0. The second kappa shape index (κ2) is 5.96. The highest BCUT2D eigenvalue weighted by molar-refractivity contribution is 5.94. The molecule has 2 amide bonds. The number of anilines is 2. The normalized spacial score (nSPS) is 29.3. The van der Waals surface area contributed by atoms with Crippen LogP contribution in [0.1, 0.15) is 33.1 Å². The molecule has 1 heterocycles. The van der Waals surface area contributed by atoms with Crippen LogP contribution in [0.3, 0.4) is 0 Å². The van der Waals surface area contributed by atoms with Gasteiger partial charge in [0, 0.05) is 30.5 Å². The average Bonchev–Trinajstić information content (AvgIpc) is 2.90. The van der Waals surface area contributed by atoms with Gasteiger partial charge in [-0.15, -0.1) is 0 Å². The zero-order chi connectivity index (χ0) is 14.8. The maximum Gasteiger partial charge on any atom is 0.321 e. The Balaban J connectivity index is 1.61. The number of benzene rings is 1. The van der Waals surface area contributed by atoms with E-state index in [0.29, 0.717) is 6.04 Å². The van der Waals surface area contributed by atoms with Crippen molar-refractivity contribution in [3.05, 3.63) is 24.3 Å². The van der Waals surface area contributed by atoms with E-state index in [9.17, 15) is 4.79 Å². The fourth-order valence-electron chi connectivity index (χ4n) is 3.37. The molecule has 1 aliphatic carbocycles. The van der Waals surface area contributed by atoms with E-state index in [0.717, 1.165) is 36.3 Å². The number of hydrogen-bond donors (Lipinski definition) is 2. The van der Waals surface area contributed by atoms with Crippen molar-refractivity contribution in [3.8, 4) is 0 Å². The van der Waals surface area contributed by atoms with Crippen LogP contribution in [0.2, 0.25) is 0 Å². The summed E-state index contributed by atoms with van der Waals surface area (Å²) in [6.07, 6.45) is 3.81. The molecule has 21 heavy (non-hydrogen) atoms. The van der Waals surface area contributed by atoms with Gasteiger partial charge in [0.2, 0.25) is 0 Å². The second-order valence-corrected chi connectivity index (χ2v) is 6.54. The van der Waals surface area contributed by atoms with Gasteiger partial charge in [0.1, 0.15) is 0 Å². The molecule has 1 saturated carbocycles. The summed E-state index contributed by atoms with van der Waals surface area (Å²) in [5.74, 6) is 1.64. The molecule has 3 rings (SSSR count). The Labute approximate surface area is 126 Å². The van der Waals surface area contributed by atoms with Crippen molar-refractivity contribution in [2.24, 2.45) is 11.8 Å². The van der Waals surface area contributed by atoms with Crippen LogP contribution in [-0.2, 0) is 0 Å². The molecule has 2 N–H and O–H groups in total. The number of nitrogens with one attached hydrogen (secondary N) is 2. The lowest BCUT2D eigenvalue weighted by molar-refractivity contribution is 0.252. The fraction of sp³-hybridized carbons (Fsp3) is 0.588. The number of nitrogens with zero attached hydrogens (tertiary/aromatic N) is 1. The summed E-state index contributed by atoms with van der Waals surface area (Å²) < 4.78 is 0. The van der Waals surface area contributed by atoms with Crippen molar-refractivity contribution in [2.45, 2.75) is 39.2 Å². The summed E-state index contributed by atoms with van der Waals surface area (Å²) in [5.41, 5.74) is 2.13. The predicted octanol–water partition coefficient (Wildman–Crippen LogP) is 3.45. The van der Waals surface area contributed by atoms with Crippen LogP contribution in [0, 0.1) is 11.8 Å². The molecule has 1 aliphatic heterocycles. The van der Waals surface area contributed by atoms with Crippen molar-refractivity contribution in [3.63, 3.8) is 0 Å². The van der Waals surface area contributed by atoms with Crippen LogP contribution in [0.25, 0.3) is 0 Å². The Kier molecular flexibility index (Phi) is 4.04. The summed E-state index contributed by atoms with van der Waals surface area (Å²) in [6, 6.07) is 8.82. The molecule has 0 bridgehead atoms. The lowest BCUT2D eigenvalue weighted by Gasteiger charge is -2.33. The standard InChI is InChI=1S/C17H25N3O/c1-12-3-4-15(11-13(12)2)19-14-5-7-16(8-6-14)20-10-9-18-17(20)21/h5-8,12-13,15,19H,3-4,9-11H2,1-2H3,(H,18,21). The van der Waals surface area contributed by atoms with Gasteiger partial charge in [-0.3, -0.25) is 4.90 Å². The molecule has 4 heteroatoms. The van der Waals surface area contributed by atoms with Gasteiger partial charge >= 0.3 is 6.03 Å². The van der Waals surface area contributed by atoms with Crippen LogP contribution < -0.4 is 15.5 Å². The van der Waals surface area contributed by atoms with Crippen molar-refractivity contribution >= 4 is 17.4 Å². The monoisotopic (exact) mass is 287 g/mol. The van der Waals surface area contributed by atoms with Gasteiger partial charge < -0.3 is 10.6 Å². The van der Waals surface area contributed by atoms with Gasteiger partial charge in [0.05, 0.1) is 0 Å². The summed E-state index contributed by atoms with van der Waals surface area (Å²) in [6.45, 7) is 6.20. The quantitative estimate of drug-likeness (QED) is 0.894. The fourth-order valence-corrected chi connectivity index (χ4v) is 3.37. The maximum absolute atomic E-state index is 11.6. The Hall–Kier alpha value is -1.71. The summed E-state index contributed by atoms with van der Waals surface area (Å²) in [5, 5.41) is 6.47. The Bertz CT molecular complexity index is 499. The van der Waals surface area contributed by atoms with Gasteiger partial charge in [0.25, 0.3) is 0 Å². The predicted molar refractivity (Wildman–Crippen MR) is 86.8 cm³/mol. The van der Waals surface area contributed by atoms with Crippen molar-refractivity contribution in [2.75, 3.05) is 23.3 Å². The van der Waals surface area contributed by atoms with Gasteiger partial charge in [-0.25, -0.2) is 4.79 Å². The average molecular weight is 287 g/mol. The zero-order valence-corrected chi connectivity index (χ0v) is 12.9. The van der Waals surface area contributed by atoms with Crippen molar-refractivity contribution in [1.82, 2.24) is 5.32 Å². The second-order valence-electron chi connectivity index (χ2n) is 6.54. The Morgan fingerprint density at radius 3 is 2.52 bits per heavy atom. The third kappa shape index (κ3) is 3.14. The van der Waals surface area contributed by atoms with E-state index < -0.39 is 0 Å². The molecule has 2 aliphatic rings. The van der Waals surface area contributed by atoms with Crippen LogP contribution in [0.5, 0.6) is 0 Å². The molecule has 1 saturated heterocycles. The highest BCUT2D eigenvalue weighted by Crippen LogP contribution is 2.31. The Morgan fingerprint density at radius 1 is 1.14 bits per heavy atom. The minimum Gasteiger partial charge on any atom is -0.382 e. The van der Waals surface area contributed by atoms with E-state index in [1.807, 2.05) is 12.1 Å².